The fourth-order valence-corrected chi connectivity index (χ4v) is 2.78. The molecule has 1 N–H and O–H groups in total. The van der Waals surface area contributed by atoms with Crippen molar-refractivity contribution in [1.82, 2.24) is 9.88 Å². The monoisotopic (exact) mass is 254 g/mol. The predicted octanol–water partition coefficient (Wildman–Crippen LogP) is 3.05. The zero-order valence-electron chi connectivity index (χ0n) is 11.6. The van der Waals surface area contributed by atoms with Gasteiger partial charge in [-0.25, -0.2) is 0 Å². The highest BCUT2D eigenvalue weighted by atomic mass is 16.1. The molecule has 98 valence electrons. The summed E-state index contributed by atoms with van der Waals surface area (Å²) in [5.41, 5.74) is 5.15. The van der Waals surface area contributed by atoms with Crippen LogP contribution in [0.5, 0.6) is 0 Å². The highest BCUT2D eigenvalue weighted by molar-refractivity contribution is 6.12. The second kappa shape index (κ2) is 4.26. The molecule has 19 heavy (non-hydrogen) atoms. The van der Waals surface area contributed by atoms with E-state index in [1.54, 1.807) is 0 Å². The van der Waals surface area contributed by atoms with Crippen molar-refractivity contribution in [2.75, 3.05) is 14.1 Å². The minimum absolute atomic E-state index is 0.142. The van der Waals surface area contributed by atoms with E-state index in [0.29, 0.717) is 0 Å². The summed E-state index contributed by atoms with van der Waals surface area (Å²) in [6, 6.07) is 6.30. The summed E-state index contributed by atoms with van der Waals surface area (Å²) in [6.07, 6.45) is 3.69. The number of H-pyrrole nitrogens is 1. The van der Waals surface area contributed by atoms with E-state index in [1.807, 2.05) is 25.2 Å². The third kappa shape index (κ3) is 1.95. The van der Waals surface area contributed by atoms with Gasteiger partial charge in [-0.2, -0.15) is 0 Å². The van der Waals surface area contributed by atoms with Gasteiger partial charge in [-0.1, -0.05) is 11.6 Å². The van der Waals surface area contributed by atoms with E-state index in [4.69, 9.17) is 0 Å². The van der Waals surface area contributed by atoms with Crippen molar-refractivity contribution in [3.63, 3.8) is 0 Å². The Hall–Kier alpha value is -2.03. The largest absolute Gasteiger partial charge is 0.383 e. The fraction of sp³-hybridized carbons (Fsp3) is 0.312. The molecule has 0 aliphatic heterocycles. The Morgan fingerprint density at radius 2 is 2.05 bits per heavy atom. The van der Waals surface area contributed by atoms with Gasteiger partial charge in [0.25, 0.3) is 0 Å². The van der Waals surface area contributed by atoms with E-state index >= 15 is 0 Å². The lowest BCUT2D eigenvalue weighted by atomic mass is 9.90. The number of nitrogens with zero attached hydrogens (tertiary/aromatic N) is 1. The molecule has 0 unspecified atom stereocenters. The number of allylic oxidation sites excluding steroid dienone is 1. The van der Waals surface area contributed by atoms with Gasteiger partial charge in [-0.05, 0) is 37.5 Å². The van der Waals surface area contributed by atoms with Gasteiger partial charge in [-0.15, -0.1) is 0 Å². The lowest BCUT2D eigenvalue weighted by Crippen LogP contribution is -2.16. The molecule has 0 fully saturated rings. The van der Waals surface area contributed by atoms with Crippen molar-refractivity contribution in [1.29, 1.82) is 0 Å². The summed E-state index contributed by atoms with van der Waals surface area (Å²) < 4.78 is 0. The van der Waals surface area contributed by atoms with Gasteiger partial charge in [0.1, 0.15) is 0 Å². The van der Waals surface area contributed by atoms with E-state index in [-0.39, 0.29) is 5.78 Å². The van der Waals surface area contributed by atoms with Crippen LogP contribution >= 0.6 is 0 Å². The van der Waals surface area contributed by atoms with Gasteiger partial charge in [-0.3, -0.25) is 4.79 Å². The molecule has 3 nitrogen and oxygen atoms in total. The molecule has 0 bridgehead atoms. The number of ketones is 1. The lowest BCUT2D eigenvalue weighted by molar-refractivity contribution is 0.102. The zero-order valence-corrected chi connectivity index (χ0v) is 11.6. The number of aromatic amines is 1. The molecule has 0 radical (unpaired) electrons. The number of Topliss-reactive ketones (excluding diaryl/α,β-unsaturated/α-hetero) is 1. The van der Waals surface area contributed by atoms with E-state index in [1.165, 1.54) is 16.5 Å². The van der Waals surface area contributed by atoms with E-state index in [9.17, 15) is 4.79 Å². The molecule has 0 saturated carbocycles. The molecule has 0 atom stereocenters. The molecule has 1 aliphatic rings. The molecule has 3 rings (SSSR count). The number of hydrogen-bond donors (Lipinski definition) is 1. The third-order valence-electron chi connectivity index (χ3n) is 3.64. The van der Waals surface area contributed by atoms with E-state index in [0.717, 1.165) is 29.6 Å². The molecule has 0 amide bonds. The van der Waals surface area contributed by atoms with Crippen LogP contribution in [-0.4, -0.2) is 29.8 Å². The van der Waals surface area contributed by atoms with Gasteiger partial charge >= 0.3 is 0 Å². The van der Waals surface area contributed by atoms with Crippen LogP contribution in [0.2, 0.25) is 0 Å². The number of benzene rings is 1. The van der Waals surface area contributed by atoms with E-state index in [2.05, 4.69) is 30.1 Å². The Morgan fingerprint density at radius 1 is 1.26 bits per heavy atom. The van der Waals surface area contributed by atoms with Crippen LogP contribution in [0.3, 0.4) is 0 Å². The summed E-state index contributed by atoms with van der Waals surface area (Å²) in [5, 5.41) is 1.20. The summed E-state index contributed by atoms with van der Waals surface area (Å²) in [4.78, 5) is 17.7. The molecule has 1 heterocycles. The second-order valence-electron chi connectivity index (χ2n) is 5.47. The summed E-state index contributed by atoms with van der Waals surface area (Å²) in [7, 11) is 3.90. The van der Waals surface area contributed by atoms with Crippen LogP contribution in [0, 0.1) is 6.92 Å². The quantitative estimate of drug-likeness (QED) is 0.794. The molecular weight excluding hydrogens is 236 g/mol. The average Bonchev–Trinajstić information content (AvgIpc) is 2.71. The van der Waals surface area contributed by atoms with Gasteiger partial charge in [0.05, 0.1) is 5.69 Å². The van der Waals surface area contributed by atoms with Crippen LogP contribution in [0.1, 0.15) is 28.0 Å². The van der Waals surface area contributed by atoms with Crippen molar-refractivity contribution in [2.24, 2.45) is 0 Å². The van der Waals surface area contributed by atoms with Crippen LogP contribution < -0.4 is 0 Å². The van der Waals surface area contributed by atoms with Crippen molar-refractivity contribution < 1.29 is 4.79 Å². The maximum absolute atomic E-state index is 12.5. The minimum atomic E-state index is 0.142. The first kappa shape index (κ1) is 12.0. The Labute approximate surface area is 112 Å². The number of aryl methyl sites for hydroxylation is 2. The molecule has 3 heteroatoms. The summed E-state index contributed by atoms with van der Waals surface area (Å²) in [5.74, 6) is 0.142. The number of fused-ring (bicyclic) bond motifs is 3. The fourth-order valence-electron chi connectivity index (χ4n) is 2.78. The molecule has 0 spiro atoms. The number of hydrogen-bond acceptors (Lipinski definition) is 2. The van der Waals surface area contributed by atoms with Crippen molar-refractivity contribution in [3.05, 3.63) is 46.8 Å². The standard InChI is InChI=1S/C16H18N2O/c1-10-4-7-14-13(8-10)12-6-5-11(9-18(2)3)16(19)15(12)17-14/h4,7-9,17H,5-6H2,1-3H3. The molecule has 1 aromatic heterocycles. The number of carbonyl (C=O) groups is 1. The van der Waals surface area contributed by atoms with Crippen LogP contribution in [0.15, 0.2) is 30.0 Å². The third-order valence-corrected chi connectivity index (χ3v) is 3.64. The summed E-state index contributed by atoms with van der Waals surface area (Å²) in [6.45, 7) is 2.08. The van der Waals surface area contributed by atoms with Crippen molar-refractivity contribution in [2.45, 2.75) is 19.8 Å². The average molecular weight is 254 g/mol. The Morgan fingerprint density at radius 3 is 2.79 bits per heavy atom. The number of nitrogens with one attached hydrogen (secondary N) is 1. The molecule has 2 aromatic rings. The number of carbonyl (C=O) groups excluding carboxylic acids is 1. The van der Waals surface area contributed by atoms with Gasteiger partial charge < -0.3 is 9.88 Å². The number of aromatic nitrogens is 1. The Bertz CT molecular complexity index is 692. The van der Waals surface area contributed by atoms with Crippen LogP contribution in [0.25, 0.3) is 10.9 Å². The first-order valence-corrected chi connectivity index (χ1v) is 6.59. The number of rotatable bonds is 1. The van der Waals surface area contributed by atoms with Gasteiger partial charge in [0, 0.05) is 36.8 Å². The van der Waals surface area contributed by atoms with Crippen molar-refractivity contribution >= 4 is 16.7 Å². The predicted molar refractivity (Wildman–Crippen MR) is 77.5 cm³/mol. The van der Waals surface area contributed by atoms with Crippen molar-refractivity contribution in [3.8, 4) is 0 Å². The lowest BCUT2D eigenvalue weighted by Gasteiger charge is -2.16. The minimum Gasteiger partial charge on any atom is -0.383 e. The van der Waals surface area contributed by atoms with Crippen LogP contribution in [-0.2, 0) is 6.42 Å². The first-order chi connectivity index (χ1) is 9.06. The summed E-state index contributed by atoms with van der Waals surface area (Å²) >= 11 is 0. The maximum atomic E-state index is 12.5. The molecule has 1 aromatic carbocycles. The smallest absolute Gasteiger partial charge is 0.206 e. The Balaban J connectivity index is 2.15. The normalized spacial score (nSPS) is 17.0. The highest BCUT2D eigenvalue weighted by Gasteiger charge is 2.25. The molecular formula is C16H18N2O. The SMILES string of the molecule is Cc1ccc2[nH]c3c(c2c1)CCC(=CN(C)C)C3=O. The zero-order chi connectivity index (χ0) is 13.6. The maximum Gasteiger partial charge on any atom is 0.206 e. The Kier molecular flexibility index (Phi) is 2.70. The van der Waals surface area contributed by atoms with Gasteiger partial charge in [0.15, 0.2) is 0 Å². The van der Waals surface area contributed by atoms with Crippen LogP contribution in [0.4, 0.5) is 0 Å². The topological polar surface area (TPSA) is 36.1 Å². The highest BCUT2D eigenvalue weighted by Crippen LogP contribution is 2.31. The first-order valence-electron chi connectivity index (χ1n) is 6.59. The second-order valence-corrected chi connectivity index (χ2v) is 5.47. The molecule has 0 saturated heterocycles. The van der Waals surface area contributed by atoms with E-state index < -0.39 is 0 Å². The van der Waals surface area contributed by atoms with Gasteiger partial charge in [0.2, 0.25) is 5.78 Å². The molecule has 1 aliphatic carbocycles.